The summed E-state index contributed by atoms with van der Waals surface area (Å²) in [7, 11) is 0. The summed E-state index contributed by atoms with van der Waals surface area (Å²) < 4.78 is 5.45. The van der Waals surface area contributed by atoms with Gasteiger partial charge in [0.1, 0.15) is 0 Å². The molecule has 1 fully saturated rings. The van der Waals surface area contributed by atoms with Crippen LogP contribution in [0.15, 0.2) is 29.0 Å². The second-order valence-corrected chi connectivity index (χ2v) is 8.10. The van der Waals surface area contributed by atoms with E-state index in [1.54, 1.807) is 17.5 Å². The van der Waals surface area contributed by atoms with Crippen LogP contribution in [0.3, 0.4) is 0 Å². The van der Waals surface area contributed by atoms with Gasteiger partial charge in [0, 0.05) is 37.1 Å². The number of carbonyl (C=O) groups excluding carboxylic acids is 1. The molecule has 152 valence electrons. The zero-order valence-corrected chi connectivity index (χ0v) is 17.1. The first-order valence-electron chi connectivity index (χ1n) is 9.81. The van der Waals surface area contributed by atoms with Gasteiger partial charge >= 0.3 is 5.97 Å². The Balaban J connectivity index is 1.54. The van der Waals surface area contributed by atoms with Crippen molar-refractivity contribution in [3.05, 3.63) is 30.4 Å². The van der Waals surface area contributed by atoms with Crippen molar-refractivity contribution in [3.63, 3.8) is 0 Å². The van der Waals surface area contributed by atoms with E-state index >= 15 is 0 Å². The van der Waals surface area contributed by atoms with Crippen LogP contribution in [0.25, 0.3) is 11.4 Å². The number of pyridine rings is 1. The molecule has 0 bridgehead atoms. The molecule has 0 radical (unpaired) electrons. The first-order valence-corrected chi connectivity index (χ1v) is 9.81. The monoisotopic (exact) mass is 387 g/mol. The van der Waals surface area contributed by atoms with Gasteiger partial charge in [-0.05, 0) is 52.3 Å². The van der Waals surface area contributed by atoms with E-state index in [4.69, 9.17) is 9.36 Å². The lowest BCUT2D eigenvalue weighted by molar-refractivity contribution is -0.206. The molecule has 2 aromatic heterocycles. The smallest absolute Gasteiger partial charge is 0.330 e. The fourth-order valence-corrected chi connectivity index (χ4v) is 3.16. The van der Waals surface area contributed by atoms with Gasteiger partial charge in [-0.2, -0.15) is 4.98 Å². The molecule has 3 heterocycles. The third-order valence-corrected chi connectivity index (χ3v) is 4.92. The van der Waals surface area contributed by atoms with Gasteiger partial charge in [0.05, 0.1) is 12.0 Å². The van der Waals surface area contributed by atoms with Gasteiger partial charge in [-0.1, -0.05) is 12.1 Å². The summed E-state index contributed by atoms with van der Waals surface area (Å²) in [6, 6.07) is 4.12. The van der Waals surface area contributed by atoms with E-state index in [-0.39, 0.29) is 5.97 Å². The average Bonchev–Trinajstić information content (AvgIpc) is 3.15. The molecule has 2 aromatic rings. The lowest BCUT2D eigenvalue weighted by Crippen LogP contribution is -2.46. The van der Waals surface area contributed by atoms with Crippen LogP contribution >= 0.6 is 0 Å². The van der Waals surface area contributed by atoms with Crippen LogP contribution in [0.4, 0.5) is 0 Å². The zero-order valence-electron chi connectivity index (χ0n) is 17.1. The minimum absolute atomic E-state index is 0.187. The third-order valence-electron chi connectivity index (χ3n) is 4.92. The normalized spacial score (nSPS) is 16.5. The second-order valence-electron chi connectivity index (χ2n) is 8.10. The molecule has 8 nitrogen and oxygen atoms in total. The van der Waals surface area contributed by atoms with Gasteiger partial charge in [0.25, 0.3) is 0 Å². The lowest BCUT2D eigenvalue weighted by Gasteiger charge is -2.37. The quantitative estimate of drug-likeness (QED) is 0.748. The summed E-state index contributed by atoms with van der Waals surface area (Å²) >= 11 is 0. The highest BCUT2D eigenvalue weighted by atomic mass is 16.7. The molecule has 0 unspecified atom stereocenters. The minimum atomic E-state index is -0.489. The van der Waals surface area contributed by atoms with E-state index in [1.807, 2.05) is 32.9 Å². The molecular formula is C20H29N5O3. The van der Waals surface area contributed by atoms with Crippen LogP contribution in [0.1, 0.15) is 46.4 Å². The summed E-state index contributed by atoms with van der Waals surface area (Å²) in [5.41, 5.74) is 0.401. The Labute approximate surface area is 165 Å². The Bertz CT molecular complexity index is 764. The molecule has 1 saturated heterocycles. The van der Waals surface area contributed by atoms with E-state index in [9.17, 15) is 4.79 Å². The maximum atomic E-state index is 12.1. The number of hydrogen-bond donors (Lipinski definition) is 0. The summed E-state index contributed by atoms with van der Waals surface area (Å²) in [6.45, 7) is 10.7. The number of aromatic nitrogens is 3. The highest BCUT2D eigenvalue weighted by Gasteiger charge is 2.30. The summed E-state index contributed by atoms with van der Waals surface area (Å²) in [5, 5.41) is 5.86. The predicted molar refractivity (Wildman–Crippen MR) is 104 cm³/mol. The second kappa shape index (κ2) is 8.79. The molecule has 3 rings (SSSR count). The van der Waals surface area contributed by atoms with Crippen LogP contribution in [0, 0.1) is 5.41 Å². The number of carbonyl (C=O) groups is 1. The van der Waals surface area contributed by atoms with Crippen molar-refractivity contribution in [2.45, 2.75) is 53.1 Å². The third kappa shape index (κ3) is 5.14. The standard InChI is InChI=1S/C20H29N5O3/c1-5-24(14-17-22-18(23-27-17)15-6-10-21-11-7-15)16-8-12-25(13-9-16)28-19(26)20(2,3)4/h6-7,10-11,16H,5,8-9,12-14H2,1-4H3. The average molecular weight is 387 g/mol. The van der Waals surface area contributed by atoms with Crippen molar-refractivity contribution in [1.29, 1.82) is 0 Å². The lowest BCUT2D eigenvalue weighted by atomic mass is 9.98. The van der Waals surface area contributed by atoms with E-state index in [2.05, 4.69) is 26.9 Å². The van der Waals surface area contributed by atoms with Gasteiger partial charge in [-0.15, -0.1) is 5.06 Å². The Morgan fingerprint density at radius 1 is 1.29 bits per heavy atom. The van der Waals surface area contributed by atoms with Crippen LogP contribution < -0.4 is 0 Å². The van der Waals surface area contributed by atoms with E-state index in [1.165, 1.54) is 0 Å². The fourth-order valence-electron chi connectivity index (χ4n) is 3.16. The number of nitrogens with zero attached hydrogens (tertiary/aromatic N) is 5. The topological polar surface area (TPSA) is 84.6 Å². The predicted octanol–water partition coefficient (Wildman–Crippen LogP) is 2.92. The van der Waals surface area contributed by atoms with Crippen LogP contribution in [0.2, 0.25) is 0 Å². The maximum absolute atomic E-state index is 12.1. The molecule has 0 atom stereocenters. The van der Waals surface area contributed by atoms with Crippen molar-refractivity contribution >= 4 is 5.97 Å². The minimum Gasteiger partial charge on any atom is -0.367 e. The fraction of sp³-hybridized carbons (Fsp3) is 0.600. The highest BCUT2D eigenvalue weighted by Crippen LogP contribution is 2.22. The largest absolute Gasteiger partial charge is 0.367 e. The van der Waals surface area contributed by atoms with Crippen LogP contribution in [0.5, 0.6) is 0 Å². The van der Waals surface area contributed by atoms with Gasteiger partial charge < -0.3 is 9.36 Å². The zero-order chi connectivity index (χ0) is 20.1. The van der Waals surface area contributed by atoms with Crippen molar-refractivity contribution in [2.75, 3.05) is 19.6 Å². The number of rotatable bonds is 6. The first kappa shape index (κ1) is 20.4. The van der Waals surface area contributed by atoms with Gasteiger partial charge in [0.15, 0.2) is 0 Å². The van der Waals surface area contributed by atoms with E-state index in [0.29, 0.717) is 24.3 Å². The Hall–Kier alpha value is -2.32. The summed E-state index contributed by atoms with van der Waals surface area (Å²) in [5.74, 6) is 1.00. The Kier molecular flexibility index (Phi) is 6.41. The molecule has 0 N–H and O–H groups in total. The van der Waals surface area contributed by atoms with Gasteiger partial charge in [-0.3, -0.25) is 9.88 Å². The maximum Gasteiger partial charge on any atom is 0.330 e. The molecule has 1 aliphatic heterocycles. The van der Waals surface area contributed by atoms with Gasteiger partial charge in [-0.25, -0.2) is 4.79 Å². The SMILES string of the molecule is CCN(Cc1nc(-c2ccncc2)no1)C1CCN(OC(=O)C(C)(C)C)CC1. The Morgan fingerprint density at radius 2 is 1.96 bits per heavy atom. The molecular weight excluding hydrogens is 358 g/mol. The van der Waals surface area contributed by atoms with Crippen molar-refractivity contribution in [1.82, 2.24) is 25.1 Å². The summed E-state index contributed by atoms with van der Waals surface area (Å²) in [6.07, 6.45) is 5.28. The molecule has 0 aliphatic carbocycles. The number of hydroxylamine groups is 2. The highest BCUT2D eigenvalue weighted by molar-refractivity contribution is 5.75. The van der Waals surface area contributed by atoms with Crippen molar-refractivity contribution in [2.24, 2.45) is 5.41 Å². The number of piperidine rings is 1. The molecule has 0 amide bonds. The summed E-state index contributed by atoms with van der Waals surface area (Å²) in [4.78, 5) is 28.4. The van der Waals surface area contributed by atoms with Crippen LogP contribution in [-0.2, 0) is 16.2 Å². The van der Waals surface area contributed by atoms with E-state index < -0.39 is 5.41 Å². The molecule has 28 heavy (non-hydrogen) atoms. The molecule has 8 heteroatoms. The van der Waals surface area contributed by atoms with Crippen LogP contribution in [-0.4, -0.2) is 56.7 Å². The molecule has 0 saturated carbocycles. The molecule has 1 aliphatic rings. The first-order chi connectivity index (χ1) is 13.4. The van der Waals surface area contributed by atoms with Gasteiger partial charge in [0.2, 0.25) is 11.7 Å². The van der Waals surface area contributed by atoms with Crippen molar-refractivity contribution < 1.29 is 14.2 Å². The Morgan fingerprint density at radius 3 is 2.57 bits per heavy atom. The van der Waals surface area contributed by atoms with Crippen molar-refractivity contribution in [3.8, 4) is 11.4 Å². The molecule has 0 aromatic carbocycles. The number of hydrogen-bond acceptors (Lipinski definition) is 8. The molecule has 0 spiro atoms. The van der Waals surface area contributed by atoms with E-state index in [0.717, 1.165) is 38.0 Å².